The second-order valence-electron chi connectivity index (χ2n) is 10.4. The number of carbonyl (C=O) groups excluding carboxylic acids is 1. The number of pyridine rings is 1. The number of hydrogen-bond donors (Lipinski definition) is 1. The van der Waals surface area contributed by atoms with Gasteiger partial charge in [-0.25, -0.2) is 0 Å². The van der Waals surface area contributed by atoms with Crippen molar-refractivity contribution in [3.05, 3.63) is 70.1 Å². The highest BCUT2D eigenvalue weighted by molar-refractivity contribution is 5.91. The zero-order chi connectivity index (χ0) is 26.3. The molecular formula is C27H28F3N7O. The summed E-state index contributed by atoms with van der Waals surface area (Å²) < 4.78 is 40.1. The summed E-state index contributed by atoms with van der Waals surface area (Å²) in [5.41, 5.74) is 6.22. The van der Waals surface area contributed by atoms with Gasteiger partial charge in [0, 0.05) is 37.5 Å². The molecule has 198 valence electrons. The van der Waals surface area contributed by atoms with Crippen LogP contribution in [0.5, 0.6) is 0 Å². The highest BCUT2D eigenvalue weighted by Crippen LogP contribution is 2.53. The predicted octanol–water partition coefficient (Wildman–Crippen LogP) is 4.56. The van der Waals surface area contributed by atoms with Gasteiger partial charge in [0.15, 0.2) is 5.69 Å². The molecule has 38 heavy (non-hydrogen) atoms. The fourth-order valence-electron chi connectivity index (χ4n) is 5.15. The molecule has 0 radical (unpaired) electrons. The fourth-order valence-corrected chi connectivity index (χ4v) is 5.15. The molecule has 6 rings (SSSR count). The fraction of sp³-hybridized carbons (Fsp3) is 0.481. The molecule has 3 aromatic rings. The van der Waals surface area contributed by atoms with Crippen LogP contribution in [0.25, 0.3) is 5.57 Å². The highest BCUT2D eigenvalue weighted by atomic mass is 19.4. The first-order valence-electron chi connectivity index (χ1n) is 13.1. The first-order chi connectivity index (χ1) is 18.3. The third kappa shape index (κ3) is 5.46. The summed E-state index contributed by atoms with van der Waals surface area (Å²) in [4.78, 5) is 16.0. The highest BCUT2D eigenvalue weighted by Gasteiger charge is 2.40. The van der Waals surface area contributed by atoms with Crippen LogP contribution in [0.4, 0.5) is 13.2 Å². The minimum atomic E-state index is -4.49. The molecular weight excluding hydrogens is 495 g/mol. The quantitative estimate of drug-likeness (QED) is 0.391. The van der Waals surface area contributed by atoms with Gasteiger partial charge in [-0.1, -0.05) is 10.8 Å². The summed E-state index contributed by atoms with van der Waals surface area (Å²) in [7, 11) is 0. The molecule has 3 aliphatic rings. The van der Waals surface area contributed by atoms with Gasteiger partial charge in [-0.3, -0.25) is 14.5 Å². The molecule has 2 fully saturated rings. The van der Waals surface area contributed by atoms with E-state index in [1.807, 2.05) is 0 Å². The van der Waals surface area contributed by atoms with Gasteiger partial charge >= 0.3 is 6.18 Å². The minimum absolute atomic E-state index is 0.0930. The van der Waals surface area contributed by atoms with Crippen LogP contribution >= 0.6 is 0 Å². The summed E-state index contributed by atoms with van der Waals surface area (Å²) in [6, 6.07) is 3.22. The summed E-state index contributed by atoms with van der Waals surface area (Å²) in [6.07, 6.45) is 7.85. The van der Waals surface area contributed by atoms with Crippen molar-refractivity contribution in [1.82, 2.24) is 35.5 Å². The van der Waals surface area contributed by atoms with Gasteiger partial charge < -0.3 is 5.32 Å². The molecule has 1 amide bonds. The molecule has 0 bridgehead atoms. The summed E-state index contributed by atoms with van der Waals surface area (Å²) in [6.45, 7) is 0.499. The lowest BCUT2D eigenvalue weighted by Crippen LogP contribution is -2.23. The van der Waals surface area contributed by atoms with Gasteiger partial charge in [0.2, 0.25) is 0 Å². The zero-order valence-corrected chi connectivity index (χ0v) is 20.8. The number of nitrogens with zero attached hydrogens (tertiary/aromatic N) is 6. The molecule has 11 heteroatoms. The lowest BCUT2D eigenvalue weighted by Gasteiger charge is -2.08. The molecule has 0 spiro atoms. The summed E-state index contributed by atoms with van der Waals surface area (Å²) >= 11 is 0. The van der Waals surface area contributed by atoms with Gasteiger partial charge in [-0.15, -0.1) is 5.10 Å². The number of aromatic nitrogens is 6. The van der Waals surface area contributed by atoms with E-state index in [1.54, 1.807) is 22.0 Å². The molecule has 3 heterocycles. The van der Waals surface area contributed by atoms with E-state index in [0.717, 1.165) is 61.2 Å². The van der Waals surface area contributed by atoms with Crippen LogP contribution in [0, 0.1) is 11.8 Å². The van der Waals surface area contributed by atoms with E-state index < -0.39 is 17.6 Å². The Labute approximate surface area is 217 Å². The normalized spacial score (nSPS) is 17.1. The van der Waals surface area contributed by atoms with E-state index in [2.05, 4.69) is 36.9 Å². The molecule has 0 saturated heterocycles. The van der Waals surface area contributed by atoms with E-state index in [9.17, 15) is 18.0 Å². The monoisotopic (exact) mass is 523 g/mol. The molecule has 0 unspecified atom stereocenters. The Morgan fingerprint density at radius 1 is 1.03 bits per heavy atom. The zero-order valence-electron chi connectivity index (χ0n) is 20.8. The minimum Gasteiger partial charge on any atom is -0.346 e. The number of hydrogen-bond acceptors (Lipinski definition) is 6. The van der Waals surface area contributed by atoms with Crippen molar-refractivity contribution in [2.24, 2.45) is 11.8 Å². The van der Waals surface area contributed by atoms with Gasteiger partial charge in [0.05, 0.1) is 23.1 Å². The van der Waals surface area contributed by atoms with Crippen molar-refractivity contribution >= 4 is 11.5 Å². The van der Waals surface area contributed by atoms with Crippen molar-refractivity contribution in [3.63, 3.8) is 0 Å². The molecule has 0 aliphatic heterocycles. The number of fused-ring (bicyclic) bond motifs is 1. The van der Waals surface area contributed by atoms with Gasteiger partial charge in [-0.05, 0) is 80.1 Å². The Kier molecular flexibility index (Phi) is 6.45. The van der Waals surface area contributed by atoms with Crippen LogP contribution in [0.2, 0.25) is 0 Å². The topological polar surface area (TPSA) is 98.5 Å². The Morgan fingerprint density at radius 2 is 1.84 bits per heavy atom. The van der Waals surface area contributed by atoms with Crippen molar-refractivity contribution in [3.8, 4) is 0 Å². The van der Waals surface area contributed by atoms with Crippen LogP contribution in [-0.4, -0.2) is 36.1 Å². The van der Waals surface area contributed by atoms with Crippen molar-refractivity contribution in [2.75, 3.05) is 0 Å². The van der Waals surface area contributed by atoms with E-state index in [-0.39, 0.29) is 17.8 Å². The SMILES string of the molecule is O=C(NCc1cncc(C(F)(F)F)c1)c1cn(CCCCc2cc3c(nn2)CC(C2CC2)=C3C2CC2)nn1. The van der Waals surface area contributed by atoms with E-state index in [0.29, 0.717) is 6.54 Å². The van der Waals surface area contributed by atoms with Crippen LogP contribution in [0.15, 0.2) is 36.3 Å². The van der Waals surface area contributed by atoms with E-state index in [4.69, 9.17) is 0 Å². The number of amides is 1. The van der Waals surface area contributed by atoms with Crippen LogP contribution < -0.4 is 5.32 Å². The maximum Gasteiger partial charge on any atom is 0.417 e. The standard InChI is InChI=1S/C27H28F3N7O/c28-27(29,30)19-9-16(12-31-14-19)13-32-26(38)24-15-37(36-35-24)8-2-1-3-20-10-22-23(34-33-20)11-21(17-4-5-17)25(22)18-6-7-18/h9-10,12,14-15,17-18H,1-8,11,13H2,(H,32,38). The van der Waals surface area contributed by atoms with Crippen LogP contribution in [0.1, 0.15) is 77.1 Å². The lowest BCUT2D eigenvalue weighted by molar-refractivity contribution is -0.137. The second-order valence-corrected chi connectivity index (χ2v) is 10.4. The Hall–Kier alpha value is -3.63. The Morgan fingerprint density at radius 3 is 2.61 bits per heavy atom. The number of aryl methyl sites for hydroxylation is 2. The molecule has 0 aromatic carbocycles. The number of allylic oxidation sites excluding steroid dienone is 2. The predicted molar refractivity (Wildman–Crippen MR) is 131 cm³/mol. The maximum absolute atomic E-state index is 12.8. The van der Waals surface area contributed by atoms with Crippen molar-refractivity contribution in [1.29, 1.82) is 0 Å². The smallest absolute Gasteiger partial charge is 0.346 e. The van der Waals surface area contributed by atoms with Gasteiger partial charge in [0.1, 0.15) is 0 Å². The Balaban J connectivity index is 0.984. The molecule has 1 N–H and O–H groups in total. The third-order valence-electron chi connectivity index (χ3n) is 7.39. The summed E-state index contributed by atoms with van der Waals surface area (Å²) in [5.74, 6) is 0.993. The van der Waals surface area contributed by atoms with Crippen LogP contribution in [0.3, 0.4) is 0 Å². The first kappa shape index (κ1) is 24.7. The number of unbranched alkanes of at least 4 members (excludes halogenated alkanes) is 1. The molecule has 3 aromatic heterocycles. The average Bonchev–Trinajstić information content (AvgIpc) is 3.84. The van der Waals surface area contributed by atoms with Crippen molar-refractivity contribution in [2.45, 2.75) is 70.6 Å². The summed E-state index contributed by atoms with van der Waals surface area (Å²) in [5, 5.41) is 19.5. The average molecular weight is 524 g/mol. The molecule has 8 nitrogen and oxygen atoms in total. The van der Waals surface area contributed by atoms with Gasteiger partial charge in [-0.2, -0.15) is 23.4 Å². The van der Waals surface area contributed by atoms with Crippen molar-refractivity contribution < 1.29 is 18.0 Å². The second kappa shape index (κ2) is 9.92. The largest absolute Gasteiger partial charge is 0.417 e. The first-order valence-corrected chi connectivity index (χ1v) is 13.1. The lowest BCUT2D eigenvalue weighted by atomic mass is 9.99. The molecule has 0 atom stereocenters. The number of rotatable bonds is 10. The molecule has 3 aliphatic carbocycles. The van der Waals surface area contributed by atoms with Crippen LogP contribution in [-0.2, 0) is 32.1 Å². The van der Waals surface area contributed by atoms with E-state index in [1.165, 1.54) is 37.4 Å². The molecule has 2 saturated carbocycles. The maximum atomic E-state index is 12.8. The number of halogens is 3. The number of nitrogens with one attached hydrogen (secondary N) is 1. The van der Waals surface area contributed by atoms with Gasteiger partial charge in [0.25, 0.3) is 5.91 Å². The third-order valence-corrected chi connectivity index (χ3v) is 7.39. The number of carbonyl (C=O) groups is 1. The van der Waals surface area contributed by atoms with E-state index >= 15 is 0 Å². The number of alkyl halides is 3. The Bertz CT molecular complexity index is 1390.